The van der Waals surface area contributed by atoms with Crippen molar-refractivity contribution >= 4 is 9.84 Å². The second-order valence-corrected chi connectivity index (χ2v) is 8.60. The van der Waals surface area contributed by atoms with Crippen LogP contribution in [-0.2, 0) is 16.4 Å². The van der Waals surface area contributed by atoms with Crippen LogP contribution in [0.25, 0.3) is 0 Å². The van der Waals surface area contributed by atoms with Gasteiger partial charge in [0.15, 0.2) is 0 Å². The van der Waals surface area contributed by atoms with E-state index >= 15 is 0 Å². The van der Waals surface area contributed by atoms with Gasteiger partial charge < -0.3 is 5.32 Å². The lowest BCUT2D eigenvalue weighted by Crippen LogP contribution is -2.39. The predicted molar refractivity (Wildman–Crippen MR) is 85.2 cm³/mol. The molecule has 1 aliphatic rings. The number of nitrogens with zero attached hydrogens (tertiary/aromatic N) is 2. The average molecular weight is 313 g/mol. The normalized spacial score (nSPS) is 23.4. The molecule has 1 aliphatic carbocycles. The molecule has 1 fully saturated rings. The smallest absolute Gasteiger partial charge is 0.150 e. The minimum Gasteiger partial charge on any atom is -0.314 e. The minimum absolute atomic E-state index is 0.153. The lowest BCUT2D eigenvalue weighted by molar-refractivity contribution is 0.365. The third kappa shape index (κ3) is 4.81. The van der Waals surface area contributed by atoms with Crippen LogP contribution in [-0.4, -0.2) is 42.3 Å². The van der Waals surface area contributed by atoms with Gasteiger partial charge in [-0.1, -0.05) is 6.42 Å². The Bertz CT molecular complexity index is 565. The number of sulfone groups is 1. The van der Waals surface area contributed by atoms with Gasteiger partial charge in [0, 0.05) is 24.5 Å². The van der Waals surface area contributed by atoms with Gasteiger partial charge in [0.1, 0.15) is 9.84 Å². The van der Waals surface area contributed by atoms with E-state index in [2.05, 4.69) is 23.4 Å². The standard InChI is InChI=1S/C15H27N3O2S/c1-12-10-13(2)18(17-12)9-5-8-16-14-6-4-7-15(11-14)21(3,19)20/h10,14-16H,4-9,11H2,1-3H3. The Labute approximate surface area is 128 Å². The molecule has 0 spiro atoms. The molecule has 1 saturated carbocycles. The van der Waals surface area contributed by atoms with Crippen LogP contribution in [0.15, 0.2) is 6.07 Å². The lowest BCUT2D eigenvalue weighted by Gasteiger charge is -2.28. The lowest BCUT2D eigenvalue weighted by atomic mass is 9.95. The first-order valence-electron chi connectivity index (χ1n) is 7.79. The van der Waals surface area contributed by atoms with Crippen molar-refractivity contribution in [2.45, 2.75) is 63.8 Å². The van der Waals surface area contributed by atoms with Crippen molar-refractivity contribution in [3.63, 3.8) is 0 Å². The number of aryl methyl sites for hydroxylation is 3. The molecule has 21 heavy (non-hydrogen) atoms. The van der Waals surface area contributed by atoms with Gasteiger partial charge in [-0.25, -0.2) is 8.42 Å². The van der Waals surface area contributed by atoms with E-state index < -0.39 is 9.84 Å². The average Bonchev–Trinajstić information content (AvgIpc) is 2.72. The Morgan fingerprint density at radius 1 is 1.38 bits per heavy atom. The second kappa shape index (κ2) is 6.92. The first-order chi connectivity index (χ1) is 9.86. The first kappa shape index (κ1) is 16.5. The Balaban J connectivity index is 1.72. The summed E-state index contributed by atoms with van der Waals surface area (Å²) in [6.07, 6.45) is 6.06. The fourth-order valence-corrected chi connectivity index (χ4v) is 4.33. The molecule has 0 saturated heterocycles. The van der Waals surface area contributed by atoms with Crippen LogP contribution < -0.4 is 5.32 Å². The summed E-state index contributed by atoms with van der Waals surface area (Å²) in [5.41, 5.74) is 2.26. The van der Waals surface area contributed by atoms with Gasteiger partial charge in [-0.2, -0.15) is 5.10 Å². The molecule has 2 rings (SSSR count). The van der Waals surface area contributed by atoms with Crippen LogP contribution in [0.4, 0.5) is 0 Å². The van der Waals surface area contributed by atoms with Gasteiger partial charge in [-0.05, 0) is 52.1 Å². The number of hydrogen-bond donors (Lipinski definition) is 1. The molecular weight excluding hydrogens is 286 g/mol. The van der Waals surface area contributed by atoms with Gasteiger partial charge in [-0.15, -0.1) is 0 Å². The van der Waals surface area contributed by atoms with E-state index in [0.29, 0.717) is 6.04 Å². The van der Waals surface area contributed by atoms with Crippen LogP contribution in [0.2, 0.25) is 0 Å². The maximum Gasteiger partial charge on any atom is 0.150 e. The number of aromatic nitrogens is 2. The van der Waals surface area contributed by atoms with Crippen molar-refractivity contribution in [2.24, 2.45) is 0 Å². The van der Waals surface area contributed by atoms with Crippen LogP contribution in [0.5, 0.6) is 0 Å². The molecule has 2 unspecified atom stereocenters. The van der Waals surface area contributed by atoms with Gasteiger partial charge in [0.05, 0.1) is 10.9 Å². The van der Waals surface area contributed by atoms with Crippen LogP contribution in [0.1, 0.15) is 43.5 Å². The third-order valence-electron chi connectivity index (χ3n) is 4.31. The van der Waals surface area contributed by atoms with E-state index in [1.807, 2.05) is 11.6 Å². The van der Waals surface area contributed by atoms with Gasteiger partial charge in [-0.3, -0.25) is 4.68 Å². The summed E-state index contributed by atoms with van der Waals surface area (Å²) in [5.74, 6) is 0. The van der Waals surface area contributed by atoms with Gasteiger partial charge >= 0.3 is 0 Å². The molecule has 1 N–H and O–H groups in total. The Kier molecular flexibility index (Phi) is 5.43. The largest absolute Gasteiger partial charge is 0.314 e. The molecule has 120 valence electrons. The Morgan fingerprint density at radius 3 is 2.76 bits per heavy atom. The zero-order valence-electron chi connectivity index (χ0n) is 13.3. The fourth-order valence-electron chi connectivity index (χ4n) is 3.16. The van der Waals surface area contributed by atoms with E-state index in [1.54, 1.807) is 0 Å². The van der Waals surface area contributed by atoms with Crippen molar-refractivity contribution in [3.05, 3.63) is 17.5 Å². The summed E-state index contributed by atoms with van der Waals surface area (Å²) in [5, 5.41) is 7.81. The van der Waals surface area contributed by atoms with E-state index in [-0.39, 0.29) is 5.25 Å². The molecule has 6 heteroatoms. The molecule has 0 aliphatic heterocycles. The molecule has 0 amide bonds. The molecule has 1 aromatic heterocycles. The summed E-state index contributed by atoms with van der Waals surface area (Å²) >= 11 is 0. The summed E-state index contributed by atoms with van der Waals surface area (Å²) in [6, 6.07) is 2.43. The van der Waals surface area contributed by atoms with E-state index in [0.717, 1.165) is 50.9 Å². The molecule has 0 radical (unpaired) electrons. The highest BCUT2D eigenvalue weighted by Gasteiger charge is 2.28. The topological polar surface area (TPSA) is 64.0 Å². The minimum atomic E-state index is -2.89. The van der Waals surface area contributed by atoms with Gasteiger partial charge in [0.25, 0.3) is 0 Å². The van der Waals surface area contributed by atoms with E-state index in [1.165, 1.54) is 11.9 Å². The molecule has 0 bridgehead atoms. The monoisotopic (exact) mass is 313 g/mol. The highest BCUT2D eigenvalue weighted by atomic mass is 32.2. The molecular formula is C15H27N3O2S. The second-order valence-electron chi connectivity index (χ2n) is 6.27. The summed E-state index contributed by atoms with van der Waals surface area (Å²) in [6.45, 7) is 5.91. The summed E-state index contributed by atoms with van der Waals surface area (Å²) in [4.78, 5) is 0. The van der Waals surface area contributed by atoms with E-state index in [4.69, 9.17) is 0 Å². The summed E-state index contributed by atoms with van der Waals surface area (Å²) in [7, 11) is -2.89. The zero-order valence-corrected chi connectivity index (χ0v) is 14.1. The van der Waals surface area contributed by atoms with E-state index in [9.17, 15) is 8.42 Å². The number of nitrogens with one attached hydrogen (secondary N) is 1. The molecule has 1 aromatic rings. The SMILES string of the molecule is Cc1cc(C)n(CCCNC2CCCC(S(C)(=O)=O)C2)n1. The van der Waals surface area contributed by atoms with Crippen molar-refractivity contribution in [3.8, 4) is 0 Å². The number of rotatable bonds is 6. The fraction of sp³-hybridized carbons (Fsp3) is 0.800. The van der Waals surface area contributed by atoms with Gasteiger partial charge in [0.2, 0.25) is 0 Å². The number of hydrogen-bond acceptors (Lipinski definition) is 4. The zero-order chi connectivity index (χ0) is 15.5. The quantitative estimate of drug-likeness (QED) is 0.814. The van der Waals surface area contributed by atoms with Crippen molar-refractivity contribution in [1.82, 2.24) is 15.1 Å². The first-order valence-corrected chi connectivity index (χ1v) is 9.75. The summed E-state index contributed by atoms with van der Waals surface area (Å²) < 4.78 is 25.3. The Hall–Kier alpha value is -0.880. The van der Waals surface area contributed by atoms with Crippen LogP contribution in [0.3, 0.4) is 0 Å². The molecule has 1 heterocycles. The highest BCUT2D eigenvalue weighted by Crippen LogP contribution is 2.23. The van der Waals surface area contributed by atoms with Crippen molar-refractivity contribution in [1.29, 1.82) is 0 Å². The Morgan fingerprint density at radius 2 is 2.14 bits per heavy atom. The third-order valence-corrected chi connectivity index (χ3v) is 5.95. The molecule has 2 atom stereocenters. The van der Waals surface area contributed by atoms with Crippen molar-refractivity contribution in [2.75, 3.05) is 12.8 Å². The molecule has 5 nitrogen and oxygen atoms in total. The van der Waals surface area contributed by atoms with Crippen molar-refractivity contribution < 1.29 is 8.42 Å². The van der Waals surface area contributed by atoms with Crippen LogP contribution >= 0.6 is 0 Å². The highest BCUT2D eigenvalue weighted by molar-refractivity contribution is 7.91. The maximum absolute atomic E-state index is 11.6. The molecule has 0 aromatic carbocycles. The maximum atomic E-state index is 11.6. The van der Waals surface area contributed by atoms with Crippen LogP contribution in [0, 0.1) is 13.8 Å². The predicted octanol–water partition coefficient (Wildman–Crippen LogP) is 1.84.